The van der Waals surface area contributed by atoms with Gasteiger partial charge in [0, 0.05) is 50.0 Å². The van der Waals surface area contributed by atoms with Gasteiger partial charge in [0.25, 0.3) is 0 Å². The summed E-state index contributed by atoms with van der Waals surface area (Å²) < 4.78 is 11.4. The molecule has 3 aromatic rings. The van der Waals surface area contributed by atoms with Crippen LogP contribution in [0.4, 0.5) is 0 Å². The second kappa shape index (κ2) is 10.2. The van der Waals surface area contributed by atoms with Crippen LogP contribution in [0.2, 0.25) is 0 Å². The average molecular weight is 441 g/mol. The zero-order chi connectivity index (χ0) is 21.6. The summed E-state index contributed by atoms with van der Waals surface area (Å²) in [6, 6.07) is 10.4. The Bertz CT molecular complexity index is 961. The van der Waals surface area contributed by atoms with Crippen molar-refractivity contribution in [2.75, 3.05) is 13.1 Å². The first-order valence-electron chi connectivity index (χ1n) is 10.6. The molecule has 0 spiro atoms. The van der Waals surface area contributed by atoms with Gasteiger partial charge in [0.2, 0.25) is 17.7 Å². The number of nitrogens with zero attached hydrogens (tertiary/aromatic N) is 3. The molecule has 1 aliphatic heterocycles. The fourth-order valence-corrected chi connectivity index (χ4v) is 4.43. The summed E-state index contributed by atoms with van der Waals surface area (Å²) in [7, 11) is 0. The van der Waals surface area contributed by atoms with Crippen LogP contribution in [0.1, 0.15) is 37.3 Å². The Balaban J connectivity index is 1.20. The van der Waals surface area contributed by atoms with Gasteiger partial charge < -0.3 is 14.5 Å². The summed E-state index contributed by atoms with van der Waals surface area (Å²) in [4.78, 5) is 14.6. The second-order valence-corrected chi connectivity index (χ2v) is 8.84. The third-order valence-electron chi connectivity index (χ3n) is 5.21. The maximum Gasteiger partial charge on any atom is 0.248 e. The third kappa shape index (κ3) is 6.22. The van der Waals surface area contributed by atoms with E-state index in [4.69, 9.17) is 9.15 Å². The van der Waals surface area contributed by atoms with Crippen LogP contribution in [0.15, 0.2) is 45.5 Å². The highest BCUT2D eigenvalue weighted by molar-refractivity contribution is 7.08. The molecule has 1 aliphatic rings. The highest BCUT2D eigenvalue weighted by atomic mass is 32.1. The molecule has 2 aromatic heterocycles. The minimum absolute atomic E-state index is 0.0318. The molecule has 1 aromatic carbocycles. The summed E-state index contributed by atoms with van der Waals surface area (Å²) in [6.45, 7) is 7.58. The van der Waals surface area contributed by atoms with Gasteiger partial charge in [0.1, 0.15) is 0 Å². The summed E-state index contributed by atoms with van der Waals surface area (Å²) in [5.41, 5.74) is 3.27. The lowest BCUT2D eigenvalue weighted by atomic mass is 10.1. The van der Waals surface area contributed by atoms with Gasteiger partial charge in [-0.15, -0.1) is 10.2 Å². The van der Waals surface area contributed by atoms with Crippen molar-refractivity contribution >= 4 is 17.2 Å². The van der Waals surface area contributed by atoms with Crippen molar-refractivity contribution in [3.8, 4) is 11.5 Å². The number of nitrogens with one attached hydrogen (secondary N) is 1. The van der Waals surface area contributed by atoms with Crippen molar-refractivity contribution in [2.45, 2.75) is 52.0 Å². The lowest BCUT2D eigenvalue weighted by Crippen LogP contribution is -2.44. The van der Waals surface area contributed by atoms with Gasteiger partial charge in [-0.2, -0.15) is 11.3 Å². The molecular weight excluding hydrogens is 412 g/mol. The normalized spacial score (nSPS) is 19.4. The van der Waals surface area contributed by atoms with Gasteiger partial charge in [0.15, 0.2) is 0 Å². The minimum atomic E-state index is -0.0318. The zero-order valence-electron chi connectivity index (χ0n) is 17.9. The van der Waals surface area contributed by atoms with Crippen LogP contribution < -0.4 is 5.32 Å². The molecule has 164 valence electrons. The molecule has 3 heterocycles. The number of hydrogen-bond acceptors (Lipinski definition) is 7. The van der Waals surface area contributed by atoms with Crippen LogP contribution >= 0.6 is 11.3 Å². The molecule has 1 N–H and O–H groups in total. The Morgan fingerprint density at radius 1 is 1.13 bits per heavy atom. The predicted molar refractivity (Wildman–Crippen MR) is 120 cm³/mol. The van der Waals surface area contributed by atoms with Crippen LogP contribution in [-0.4, -0.2) is 46.3 Å². The Hall–Kier alpha value is -2.55. The molecule has 1 amide bonds. The van der Waals surface area contributed by atoms with Crippen molar-refractivity contribution in [2.24, 2.45) is 0 Å². The quantitative estimate of drug-likeness (QED) is 0.576. The lowest BCUT2D eigenvalue weighted by Gasteiger charge is -2.35. The number of aromatic nitrogens is 2. The molecule has 1 saturated heterocycles. The van der Waals surface area contributed by atoms with E-state index in [0.29, 0.717) is 31.2 Å². The number of aryl methyl sites for hydroxylation is 1. The van der Waals surface area contributed by atoms with E-state index in [1.165, 1.54) is 5.56 Å². The van der Waals surface area contributed by atoms with Crippen LogP contribution in [0.3, 0.4) is 0 Å². The summed E-state index contributed by atoms with van der Waals surface area (Å²) in [5, 5.41) is 14.9. The van der Waals surface area contributed by atoms with Crippen molar-refractivity contribution in [1.29, 1.82) is 0 Å². The Kier molecular flexibility index (Phi) is 7.11. The Morgan fingerprint density at radius 3 is 2.58 bits per heavy atom. The number of benzene rings is 1. The number of amides is 1. The maximum absolute atomic E-state index is 12.2. The van der Waals surface area contributed by atoms with Crippen LogP contribution in [0.5, 0.6) is 0 Å². The van der Waals surface area contributed by atoms with Crippen LogP contribution in [0, 0.1) is 0 Å². The van der Waals surface area contributed by atoms with Gasteiger partial charge in [-0.1, -0.05) is 24.3 Å². The molecule has 31 heavy (non-hydrogen) atoms. The van der Waals surface area contributed by atoms with E-state index in [9.17, 15) is 4.79 Å². The van der Waals surface area contributed by atoms with E-state index < -0.39 is 0 Å². The van der Waals surface area contributed by atoms with Crippen molar-refractivity contribution in [1.82, 2.24) is 20.4 Å². The lowest BCUT2D eigenvalue weighted by molar-refractivity contribution is -0.121. The number of hydrogen-bond donors (Lipinski definition) is 1. The molecule has 0 saturated carbocycles. The number of rotatable bonds is 8. The molecule has 0 radical (unpaired) electrons. The standard InChI is InChI=1S/C23H28N4O3S/c1-16-12-27(13-17(2)29-16)14-19-5-3-18(4-6-19)11-24-21(28)7-8-22-25-26-23(30-22)20-9-10-31-15-20/h3-6,9-10,15-17H,7-8,11-14H2,1-2H3,(H,24,28). The van der Waals surface area contributed by atoms with E-state index in [2.05, 4.69) is 58.5 Å². The SMILES string of the molecule is CC1CN(Cc2ccc(CNC(=O)CCc3nnc(-c4ccsc4)o3)cc2)CC(C)O1. The van der Waals surface area contributed by atoms with Crippen LogP contribution in [0.25, 0.3) is 11.5 Å². The summed E-state index contributed by atoms with van der Waals surface area (Å²) in [5.74, 6) is 0.945. The Labute approximate surface area is 186 Å². The van der Waals surface area contributed by atoms with Gasteiger partial charge in [-0.05, 0) is 36.4 Å². The van der Waals surface area contributed by atoms with E-state index in [1.54, 1.807) is 11.3 Å². The van der Waals surface area contributed by atoms with Gasteiger partial charge >= 0.3 is 0 Å². The van der Waals surface area contributed by atoms with Crippen LogP contribution in [-0.2, 0) is 29.0 Å². The summed E-state index contributed by atoms with van der Waals surface area (Å²) in [6.07, 6.45) is 1.29. The number of carbonyl (C=O) groups excluding carboxylic acids is 1. The van der Waals surface area contributed by atoms with Gasteiger partial charge in [-0.25, -0.2) is 0 Å². The maximum atomic E-state index is 12.2. The highest BCUT2D eigenvalue weighted by Gasteiger charge is 2.22. The smallest absolute Gasteiger partial charge is 0.248 e. The summed E-state index contributed by atoms with van der Waals surface area (Å²) >= 11 is 1.58. The largest absolute Gasteiger partial charge is 0.421 e. The molecule has 1 fully saturated rings. The molecule has 8 heteroatoms. The number of morpholine rings is 1. The van der Waals surface area contributed by atoms with E-state index in [0.717, 1.165) is 30.8 Å². The first-order chi connectivity index (χ1) is 15.0. The average Bonchev–Trinajstić information content (AvgIpc) is 3.43. The third-order valence-corrected chi connectivity index (χ3v) is 5.90. The molecule has 2 unspecified atom stereocenters. The number of carbonyl (C=O) groups is 1. The zero-order valence-corrected chi connectivity index (χ0v) is 18.7. The van der Waals surface area contributed by atoms with E-state index >= 15 is 0 Å². The monoisotopic (exact) mass is 440 g/mol. The van der Waals surface area contributed by atoms with Crippen molar-refractivity contribution in [3.05, 3.63) is 58.1 Å². The molecule has 0 aliphatic carbocycles. The first-order valence-corrected chi connectivity index (χ1v) is 11.6. The number of thiophene rings is 1. The predicted octanol–water partition coefficient (Wildman–Crippen LogP) is 3.66. The molecule has 4 rings (SSSR count). The second-order valence-electron chi connectivity index (χ2n) is 8.06. The fourth-order valence-electron chi connectivity index (χ4n) is 3.80. The molecule has 0 bridgehead atoms. The fraction of sp³-hybridized carbons (Fsp3) is 0.435. The molecule has 2 atom stereocenters. The Morgan fingerprint density at radius 2 is 1.87 bits per heavy atom. The van der Waals surface area contributed by atoms with E-state index in [-0.39, 0.29) is 18.1 Å². The van der Waals surface area contributed by atoms with Crippen molar-refractivity contribution in [3.63, 3.8) is 0 Å². The van der Waals surface area contributed by atoms with Crippen molar-refractivity contribution < 1.29 is 13.9 Å². The number of ether oxygens (including phenoxy) is 1. The highest BCUT2D eigenvalue weighted by Crippen LogP contribution is 2.20. The topological polar surface area (TPSA) is 80.5 Å². The van der Waals surface area contributed by atoms with Gasteiger partial charge in [0.05, 0.1) is 12.2 Å². The van der Waals surface area contributed by atoms with Gasteiger partial charge in [-0.3, -0.25) is 9.69 Å². The minimum Gasteiger partial charge on any atom is -0.421 e. The van der Waals surface area contributed by atoms with E-state index in [1.807, 2.05) is 16.8 Å². The first kappa shape index (κ1) is 21.7. The molecular formula is C23H28N4O3S. The molecule has 7 nitrogen and oxygen atoms in total.